The Bertz CT molecular complexity index is 2820. The van der Waals surface area contributed by atoms with Crippen molar-refractivity contribution in [1.29, 1.82) is 0 Å². The minimum absolute atomic E-state index is 0.0632. The number of amides is 1. The van der Waals surface area contributed by atoms with Gasteiger partial charge in [-0.15, -0.1) is 0 Å². The quantitative estimate of drug-likeness (QED) is 0.121. The van der Waals surface area contributed by atoms with Crippen LogP contribution in [0.1, 0.15) is 27.8 Å². The number of benzene rings is 5. The van der Waals surface area contributed by atoms with Gasteiger partial charge in [0.15, 0.2) is 0 Å². The highest BCUT2D eigenvalue weighted by atomic mass is 32.2. The second-order valence-electron chi connectivity index (χ2n) is 12.0. The van der Waals surface area contributed by atoms with Gasteiger partial charge in [0.2, 0.25) is 0 Å². The second kappa shape index (κ2) is 13.4. The lowest BCUT2D eigenvalue weighted by molar-refractivity contribution is 0.215. The predicted octanol–water partition coefficient (Wildman–Crippen LogP) is 5.47. The summed E-state index contributed by atoms with van der Waals surface area (Å²) in [5, 5.41) is 5.45. The highest BCUT2D eigenvalue weighted by Gasteiger charge is 2.30. The summed E-state index contributed by atoms with van der Waals surface area (Å²) in [6, 6.07) is 19.6. The lowest BCUT2D eigenvalue weighted by atomic mass is 9.92. The van der Waals surface area contributed by atoms with E-state index in [1.165, 1.54) is 30.3 Å². The van der Waals surface area contributed by atoms with E-state index in [1.54, 1.807) is 57.2 Å². The number of anilines is 3. The largest absolute Gasteiger partial charge is 0.456 e. The average molecular weight is 779 g/mol. The Morgan fingerprint density at radius 1 is 0.679 bits per heavy atom. The molecule has 0 radical (unpaired) electrons. The minimum Gasteiger partial charge on any atom is -0.456 e. The van der Waals surface area contributed by atoms with Gasteiger partial charge in [-0.05, 0) is 79.1 Å². The standard InChI is InChI=1S/C36H30N2O12S3/c1-19-15-28-25(16-31(19)52(43,44)45)33(24-12-8-9-13-30(24)51(40,41)42)26-17-32(53(46,47)48)27(18-29(26)50-28)37-34-20(2)14-21(3)35(22(34)4)38-36(39)49-23-10-6-5-7-11-23/h5-18,37H,1H2,2-4H3,(H,38,39)(H,40,41,42)(H,43,44,45)(H,46,47,48). The molecule has 0 spiro atoms. The van der Waals surface area contributed by atoms with Crippen LogP contribution >= 0.6 is 0 Å². The average Bonchev–Trinajstić information content (AvgIpc) is 3.06. The van der Waals surface area contributed by atoms with Crippen LogP contribution in [-0.4, -0.2) is 45.0 Å². The Labute approximate surface area is 304 Å². The summed E-state index contributed by atoms with van der Waals surface area (Å²) in [5.74, 6) is 0.153. The van der Waals surface area contributed by atoms with Gasteiger partial charge in [-0.2, -0.15) is 25.3 Å². The summed E-state index contributed by atoms with van der Waals surface area (Å²) in [5.41, 5.74) is 1.78. The highest BCUT2D eigenvalue weighted by Crippen LogP contribution is 2.44. The number of carbonyl (C=O) groups is 1. The van der Waals surface area contributed by atoms with Crippen molar-refractivity contribution in [1.82, 2.24) is 0 Å². The number of nitrogens with one attached hydrogen (secondary N) is 2. The molecule has 0 bridgehead atoms. The molecular formula is C36H30N2O12S3. The van der Waals surface area contributed by atoms with Crippen molar-refractivity contribution in [3.8, 4) is 17.2 Å². The summed E-state index contributed by atoms with van der Waals surface area (Å²) < 4.78 is 118. The van der Waals surface area contributed by atoms with Crippen LogP contribution in [-0.2, 0) is 30.4 Å². The molecule has 14 nitrogen and oxygen atoms in total. The minimum atomic E-state index is -5.08. The fraction of sp³-hybridized carbons (Fsp3) is 0.0833. The summed E-state index contributed by atoms with van der Waals surface area (Å²) in [6.45, 7) is 8.82. The van der Waals surface area contributed by atoms with E-state index in [1.807, 2.05) is 0 Å². The van der Waals surface area contributed by atoms with Gasteiger partial charge in [-0.1, -0.05) is 49.0 Å². The van der Waals surface area contributed by atoms with Crippen molar-refractivity contribution in [3.05, 3.63) is 123 Å². The van der Waals surface area contributed by atoms with Gasteiger partial charge in [-0.3, -0.25) is 19.0 Å². The molecule has 274 valence electrons. The summed E-state index contributed by atoms with van der Waals surface area (Å²) in [6.07, 6.45) is -0.785. The van der Waals surface area contributed by atoms with Crippen molar-refractivity contribution < 1.29 is 53.2 Å². The van der Waals surface area contributed by atoms with Crippen LogP contribution in [0.15, 0.2) is 99.6 Å². The molecule has 0 fully saturated rings. The first-order valence-corrected chi connectivity index (χ1v) is 19.7. The molecule has 17 heteroatoms. The lowest BCUT2D eigenvalue weighted by Gasteiger charge is -2.25. The number of hydrogen-bond donors (Lipinski definition) is 5. The van der Waals surface area contributed by atoms with Crippen molar-refractivity contribution >= 4 is 65.7 Å². The zero-order valence-electron chi connectivity index (χ0n) is 28.0. The van der Waals surface area contributed by atoms with Crippen molar-refractivity contribution in [2.75, 3.05) is 10.6 Å². The van der Waals surface area contributed by atoms with E-state index >= 15 is 0 Å². The maximum Gasteiger partial charge on any atom is 0.417 e. The Hall–Kier alpha value is -5.56. The van der Waals surface area contributed by atoms with Crippen LogP contribution in [0.3, 0.4) is 0 Å². The maximum atomic E-state index is 13.0. The molecule has 1 amide bonds. The summed E-state index contributed by atoms with van der Waals surface area (Å²) in [7, 11) is -14.9. The fourth-order valence-electron chi connectivity index (χ4n) is 6.15. The van der Waals surface area contributed by atoms with E-state index in [2.05, 4.69) is 17.2 Å². The summed E-state index contributed by atoms with van der Waals surface area (Å²) in [4.78, 5) is 10.9. The molecule has 6 rings (SSSR count). The van der Waals surface area contributed by atoms with E-state index < -0.39 is 51.1 Å². The van der Waals surface area contributed by atoms with Crippen LogP contribution in [0.2, 0.25) is 0 Å². The molecule has 0 saturated carbocycles. The molecule has 0 aliphatic carbocycles. The molecule has 1 aliphatic heterocycles. The maximum absolute atomic E-state index is 13.0. The fourth-order valence-corrected chi connectivity index (χ4v) is 8.16. The third kappa shape index (κ3) is 7.39. The third-order valence-electron chi connectivity index (χ3n) is 8.41. The third-order valence-corrected chi connectivity index (χ3v) is 11.1. The molecule has 0 saturated heterocycles. The first-order chi connectivity index (χ1) is 24.7. The predicted molar refractivity (Wildman–Crippen MR) is 195 cm³/mol. The first kappa shape index (κ1) is 37.2. The van der Waals surface area contributed by atoms with Crippen molar-refractivity contribution in [3.63, 3.8) is 0 Å². The summed E-state index contributed by atoms with van der Waals surface area (Å²) >= 11 is 0. The van der Waals surface area contributed by atoms with Gasteiger partial charge in [-0.25, -0.2) is 4.79 Å². The van der Waals surface area contributed by atoms with Crippen molar-refractivity contribution in [2.45, 2.75) is 35.5 Å². The Morgan fingerprint density at radius 2 is 1.28 bits per heavy atom. The molecular weight excluding hydrogens is 749 g/mol. The Kier molecular flexibility index (Phi) is 9.44. The zero-order valence-corrected chi connectivity index (χ0v) is 30.5. The topological polar surface area (TPSA) is 223 Å². The normalized spacial score (nSPS) is 12.7. The first-order valence-electron chi connectivity index (χ1n) is 15.4. The molecule has 5 aromatic carbocycles. The van der Waals surface area contributed by atoms with Gasteiger partial charge in [0.25, 0.3) is 30.4 Å². The molecule has 5 N–H and O–H groups in total. The van der Waals surface area contributed by atoms with E-state index in [4.69, 9.17) is 9.47 Å². The number of carbonyl (C=O) groups excluding carboxylic acids is 1. The monoisotopic (exact) mass is 778 g/mol. The van der Waals surface area contributed by atoms with E-state index in [0.29, 0.717) is 33.8 Å². The van der Waals surface area contributed by atoms with Crippen LogP contribution in [0.4, 0.5) is 21.9 Å². The molecule has 5 aromatic rings. The number of para-hydroxylation sites is 1. The molecule has 1 heterocycles. The van der Waals surface area contributed by atoms with E-state index in [9.17, 15) is 43.7 Å². The second-order valence-corrected chi connectivity index (χ2v) is 16.2. The van der Waals surface area contributed by atoms with E-state index in [-0.39, 0.29) is 44.3 Å². The number of hydrogen-bond acceptors (Lipinski definition) is 10. The lowest BCUT2D eigenvalue weighted by Crippen LogP contribution is -2.25. The van der Waals surface area contributed by atoms with E-state index in [0.717, 1.165) is 18.2 Å². The van der Waals surface area contributed by atoms with Crippen LogP contribution in [0.5, 0.6) is 17.2 Å². The van der Waals surface area contributed by atoms with Crippen LogP contribution in [0.25, 0.3) is 12.2 Å². The van der Waals surface area contributed by atoms with Gasteiger partial charge < -0.3 is 14.8 Å². The Balaban J connectivity index is 1.57. The van der Waals surface area contributed by atoms with Gasteiger partial charge >= 0.3 is 6.09 Å². The molecule has 0 atom stereocenters. The van der Waals surface area contributed by atoms with Crippen LogP contribution < -0.4 is 30.5 Å². The molecule has 0 aromatic heterocycles. The smallest absolute Gasteiger partial charge is 0.417 e. The Morgan fingerprint density at radius 3 is 1.92 bits per heavy atom. The number of rotatable bonds is 8. The highest BCUT2D eigenvalue weighted by molar-refractivity contribution is 7.86. The SMILES string of the molecule is C=c1cc2c(cc1S(=O)(=O)O)=C(c1ccccc1S(=O)(=O)O)c1cc(S(=O)(=O)O)c(Nc3c(C)cc(C)c(NC(=O)Oc4ccccc4)c3C)cc1O2. The molecule has 1 aliphatic rings. The number of fused-ring (bicyclic) bond motifs is 2. The van der Waals surface area contributed by atoms with Gasteiger partial charge in [0.1, 0.15) is 31.9 Å². The van der Waals surface area contributed by atoms with Crippen molar-refractivity contribution in [2.24, 2.45) is 0 Å². The number of aryl methyl sites for hydroxylation is 2. The molecule has 53 heavy (non-hydrogen) atoms. The van der Waals surface area contributed by atoms with Gasteiger partial charge in [0.05, 0.1) is 11.4 Å². The van der Waals surface area contributed by atoms with Crippen LogP contribution in [0, 0.1) is 20.8 Å². The zero-order chi connectivity index (χ0) is 38.6. The molecule has 0 unspecified atom stereocenters. The van der Waals surface area contributed by atoms with Gasteiger partial charge in [0, 0.05) is 33.7 Å². The number of ether oxygens (including phenoxy) is 2.